The number of anilines is 1. The van der Waals surface area contributed by atoms with Gasteiger partial charge >= 0.3 is 6.03 Å². The van der Waals surface area contributed by atoms with Crippen LogP contribution in [0.15, 0.2) is 40.1 Å². The van der Waals surface area contributed by atoms with Gasteiger partial charge in [-0.25, -0.2) is 9.78 Å². The van der Waals surface area contributed by atoms with E-state index in [2.05, 4.69) is 10.3 Å². The molecule has 1 fully saturated rings. The van der Waals surface area contributed by atoms with Gasteiger partial charge in [-0.15, -0.1) is 11.3 Å². The normalized spacial score (nSPS) is 18.0. The molecule has 2 aromatic heterocycles. The number of oxazole rings is 1. The molecule has 3 heterocycles. The van der Waals surface area contributed by atoms with Crippen molar-refractivity contribution in [3.05, 3.63) is 46.5 Å². The zero-order chi connectivity index (χ0) is 16.5. The topological polar surface area (TPSA) is 67.6 Å². The third kappa shape index (κ3) is 3.00. The fourth-order valence-electron chi connectivity index (χ4n) is 2.80. The quantitative estimate of drug-likeness (QED) is 0.768. The minimum Gasteiger partial charge on any atom is -0.441 e. The van der Waals surface area contributed by atoms with Crippen molar-refractivity contribution >= 4 is 34.2 Å². The molecule has 4 rings (SSSR count). The van der Waals surface area contributed by atoms with Crippen molar-refractivity contribution in [3.8, 4) is 0 Å². The van der Waals surface area contributed by atoms with Gasteiger partial charge in [-0.2, -0.15) is 0 Å². The van der Waals surface area contributed by atoms with Gasteiger partial charge in [-0.3, -0.25) is 0 Å². The summed E-state index contributed by atoms with van der Waals surface area (Å²) in [5.74, 6) is 0.612. The summed E-state index contributed by atoms with van der Waals surface area (Å²) in [6.07, 6.45) is -0.0519. The monoisotopic (exact) mass is 343 g/mol. The van der Waals surface area contributed by atoms with Gasteiger partial charge in [0.25, 0.3) is 0 Å². The predicted molar refractivity (Wildman–Crippen MR) is 92.3 cm³/mol. The lowest BCUT2D eigenvalue weighted by Crippen LogP contribution is -2.44. The van der Waals surface area contributed by atoms with Crippen molar-refractivity contribution in [1.29, 1.82) is 0 Å². The van der Waals surface area contributed by atoms with Gasteiger partial charge in [0.2, 0.25) is 0 Å². The first-order valence-electron chi connectivity index (χ1n) is 7.77. The van der Waals surface area contributed by atoms with Gasteiger partial charge in [0.05, 0.1) is 13.2 Å². The number of aromatic nitrogens is 1. The van der Waals surface area contributed by atoms with Crippen LogP contribution in [-0.2, 0) is 4.74 Å². The smallest absolute Gasteiger partial charge is 0.322 e. The Balaban J connectivity index is 1.46. The van der Waals surface area contributed by atoms with Crippen molar-refractivity contribution in [2.24, 2.45) is 0 Å². The van der Waals surface area contributed by atoms with Gasteiger partial charge in [0, 0.05) is 30.1 Å². The summed E-state index contributed by atoms with van der Waals surface area (Å²) in [6, 6.07) is 9.38. The molecule has 0 spiro atoms. The van der Waals surface area contributed by atoms with Crippen molar-refractivity contribution in [2.75, 3.05) is 25.0 Å². The molecule has 0 saturated carbocycles. The minimum absolute atomic E-state index is 0.0519. The van der Waals surface area contributed by atoms with Crippen LogP contribution >= 0.6 is 11.3 Å². The molecule has 1 aliphatic heterocycles. The van der Waals surface area contributed by atoms with E-state index in [0.29, 0.717) is 36.9 Å². The summed E-state index contributed by atoms with van der Waals surface area (Å²) in [7, 11) is 0. The van der Waals surface area contributed by atoms with E-state index < -0.39 is 0 Å². The number of urea groups is 1. The number of hydrogen-bond acceptors (Lipinski definition) is 5. The van der Waals surface area contributed by atoms with E-state index >= 15 is 0 Å². The standard InChI is InChI=1S/C17H17N3O3S/c1-11-18-13-5-4-12(9-14(13)23-11)19-17(21)20-6-7-22-15(10-20)16-3-2-8-24-16/h2-5,8-9,15H,6-7,10H2,1H3,(H,19,21). The van der Waals surface area contributed by atoms with Gasteiger partial charge < -0.3 is 19.4 Å². The summed E-state index contributed by atoms with van der Waals surface area (Å²) < 4.78 is 11.3. The fourth-order valence-corrected chi connectivity index (χ4v) is 3.57. The number of carbonyl (C=O) groups is 1. The van der Waals surface area contributed by atoms with Gasteiger partial charge in [-0.05, 0) is 23.6 Å². The van der Waals surface area contributed by atoms with Crippen molar-refractivity contribution < 1.29 is 13.9 Å². The van der Waals surface area contributed by atoms with Gasteiger partial charge in [0.15, 0.2) is 11.5 Å². The second-order valence-corrected chi connectivity index (χ2v) is 6.65. The van der Waals surface area contributed by atoms with E-state index in [0.717, 1.165) is 10.4 Å². The van der Waals surface area contributed by atoms with Crippen LogP contribution in [0, 0.1) is 6.92 Å². The Morgan fingerprint density at radius 1 is 1.42 bits per heavy atom. The number of thiophene rings is 1. The Kier molecular flexibility index (Phi) is 3.95. The number of fused-ring (bicyclic) bond motifs is 1. The number of carbonyl (C=O) groups excluding carboxylic acids is 1. The summed E-state index contributed by atoms with van der Waals surface area (Å²) in [5.41, 5.74) is 2.15. The number of morpholine rings is 1. The average molecular weight is 343 g/mol. The predicted octanol–water partition coefficient (Wildman–Crippen LogP) is 3.80. The number of benzene rings is 1. The summed E-state index contributed by atoms with van der Waals surface area (Å²) in [5, 5.41) is 4.95. The highest BCUT2D eigenvalue weighted by molar-refractivity contribution is 7.10. The molecule has 1 saturated heterocycles. The molecule has 1 N–H and O–H groups in total. The molecular formula is C17H17N3O3S. The Morgan fingerprint density at radius 2 is 2.33 bits per heavy atom. The van der Waals surface area contributed by atoms with Gasteiger partial charge in [-0.1, -0.05) is 6.07 Å². The highest BCUT2D eigenvalue weighted by atomic mass is 32.1. The number of aryl methyl sites for hydroxylation is 1. The van der Waals surface area contributed by atoms with Crippen molar-refractivity contribution in [2.45, 2.75) is 13.0 Å². The van der Waals surface area contributed by atoms with E-state index in [1.165, 1.54) is 0 Å². The van der Waals surface area contributed by atoms with E-state index in [4.69, 9.17) is 9.15 Å². The molecule has 7 heteroatoms. The molecule has 1 atom stereocenters. The van der Waals surface area contributed by atoms with Crippen LogP contribution in [0.25, 0.3) is 11.1 Å². The summed E-state index contributed by atoms with van der Waals surface area (Å²) in [6.45, 7) is 3.47. The first-order valence-corrected chi connectivity index (χ1v) is 8.65. The molecule has 1 aromatic carbocycles. The number of hydrogen-bond donors (Lipinski definition) is 1. The van der Waals surface area contributed by atoms with Crippen molar-refractivity contribution in [3.63, 3.8) is 0 Å². The molecule has 2 amide bonds. The van der Waals surface area contributed by atoms with E-state index in [-0.39, 0.29) is 12.1 Å². The second-order valence-electron chi connectivity index (χ2n) is 5.67. The summed E-state index contributed by atoms with van der Waals surface area (Å²) in [4.78, 5) is 19.7. The lowest BCUT2D eigenvalue weighted by Gasteiger charge is -2.32. The van der Waals surface area contributed by atoms with Crippen LogP contribution in [0.5, 0.6) is 0 Å². The van der Waals surface area contributed by atoms with E-state index in [1.807, 2.05) is 29.6 Å². The Morgan fingerprint density at radius 3 is 3.17 bits per heavy atom. The Hall–Kier alpha value is -2.38. The maximum atomic E-state index is 12.5. The average Bonchev–Trinajstić information content (AvgIpc) is 3.23. The zero-order valence-electron chi connectivity index (χ0n) is 13.2. The molecular weight excluding hydrogens is 326 g/mol. The second kappa shape index (κ2) is 6.26. The van der Waals surface area contributed by atoms with E-state index in [1.54, 1.807) is 29.2 Å². The highest BCUT2D eigenvalue weighted by Gasteiger charge is 2.26. The fraction of sp³-hybridized carbons (Fsp3) is 0.294. The zero-order valence-corrected chi connectivity index (χ0v) is 14.0. The molecule has 124 valence electrons. The van der Waals surface area contributed by atoms with Crippen LogP contribution < -0.4 is 5.32 Å². The number of nitrogens with one attached hydrogen (secondary N) is 1. The first kappa shape index (κ1) is 15.2. The maximum absolute atomic E-state index is 12.5. The third-order valence-corrected chi connectivity index (χ3v) is 4.93. The van der Waals surface area contributed by atoms with Gasteiger partial charge in [0.1, 0.15) is 11.6 Å². The number of nitrogens with zero attached hydrogens (tertiary/aromatic N) is 2. The minimum atomic E-state index is -0.129. The molecule has 24 heavy (non-hydrogen) atoms. The lowest BCUT2D eigenvalue weighted by molar-refractivity contribution is -0.0115. The van der Waals surface area contributed by atoms with Crippen LogP contribution in [-0.4, -0.2) is 35.6 Å². The SMILES string of the molecule is Cc1nc2ccc(NC(=O)N3CCOC(c4cccs4)C3)cc2o1. The molecule has 1 unspecified atom stereocenters. The number of ether oxygens (including phenoxy) is 1. The Labute approximate surface area is 143 Å². The van der Waals surface area contributed by atoms with Crippen LogP contribution in [0.4, 0.5) is 10.5 Å². The van der Waals surface area contributed by atoms with E-state index in [9.17, 15) is 4.79 Å². The molecule has 6 nitrogen and oxygen atoms in total. The molecule has 3 aromatic rings. The maximum Gasteiger partial charge on any atom is 0.322 e. The first-order chi connectivity index (χ1) is 11.7. The molecule has 1 aliphatic rings. The number of rotatable bonds is 2. The highest BCUT2D eigenvalue weighted by Crippen LogP contribution is 2.26. The molecule has 0 aliphatic carbocycles. The van der Waals surface area contributed by atoms with Crippen molar-refractivity contribution in [1.82, 2.24) is 9.88 Å². The van der Waals surface area contributed by atoms with Crippen LogP contribution in [0.3, 0.4) is 0 Å². The Bertz CT molecular complexity index is 859. The summed E-state index contributed by atoms with van der Waals surface area (Å²) >= 11 is 1.65. The number of amides is 2. The third-order valence-electron chi connectivity index (χ3n) is 3.96. The molecule has 0 bridgehead atoms. The van der Waals surface area contributed by atoms with Crippen LogP contribution in [0.2, 0.25) is 0 Å². The van der Waals surface area contributed by atoms with Crippen LogP contribution in [0.1, 0.15) is 16.9 Å². The molecule has 0 radical (unpaired) electrons. The lowest BCUT2D eigenvalue weighted by atomic mass is 10.2. The largest absolute Gasteiger partial charge is 0.441 e.